The maximum atomic E-state index is 9.41. The van der Waals surface area contributed by atoms with Crippen LogP contribution in [0.2, 0.25) is 10.0 Å². The average Bonchev–Trinajstić information content (AvgIpc) is 2.72. The first-order chi connectivity index (χ1) is 14.0. The van der Waals surface area contributed by atoms with Gasteiger partial charge in [0.15, 0.2) is 0 Å². The zero-order chi connectivity index (χ0) is 21.5. The molecule has 0 fully saturated rings. The molecule has 0 amide bonds. The van der Waals surface area contributed by atoms with Crippen LogP contribution in [-0.2, 0) is 12.8 Å². The van der Waals surface area contributed by atoms with Gasteiger partial charge in [0.05, 0.1) is 10.0 Å². The number of benzene rings is 2. The van der Waals surface area contributed by atoms with E-state index in [0.717, 1.165) is 36.8 Å². The molecule has 0 saturated heterocycles. The van der Waals surface area contributed by atoms with Crippen molar-refractivity contribution in [2.45, 2.75) is 84.5 Å². The van der Waals surface area contributed by atoms with Crippen LogP contribution in [0.15, 0.2) is 36.4 Å². The molecule has 162 valence electrons. The van der Waals surface area contributed by atoms with Crippen LogP contribution in [0.5, 0.6) is 11.5 Å². The molecule has 0 spiro atoms. The first-order valence-corrected chi connectivity index (χ1v) is 11.7. The van der Waals surface area contributed by atoms with Crippen molar-refractivity contribution < 1.29 is 10.2 Å². The van der Waals surface area contributed by atoms with Crippen LogP contribution in [0.25, 0.3) is 0 Å². The molecule has 0 heterocycles. The van der Waals surface area contributed by atoms with Crippen molar-refractivity contribution in [3.8, 4) is 11.5 Å². The first kappa shape index (κ1) is 25.7. The second-order valence-corrected chi connectivity index (χ2v) is 8.23. The summed E-state index contributed by atoms with van der Waals surface area (Å²) in [6.07, 6.45) is 13.1. The minimum absolute atomic E-state index is 0.194. The highest BCUT2D eigenvalue weighted by Gasteiger charge is 2.04. The fourth-order valence-corrected chi connectivity index (χ4v) is 3.62. The molecule has 0 atom stereocenters. The summed E-state index contributed by atoms with van der Waals surface area (Å²) in [6, 6.07) is 10.9. The molecule has 0 aliphatic rings. The van der Waals surface area contributed by atoms with Crippen LogP contribution < -0.4 is 0 Å². The molecular weight excluding hydrogens is 403 g/mol. The zero-order valence-corrected chi connectivity index (χ0v) is 19.4. The molecular formula is C25H36Cl2O2. The molecule has 2 aromatic rings. The third kappa shape index (κ3) is 10.3. The predicted octanol–water partition coefficient (Wildman–Crippen LogP) is 8.73. The van der Waals surface area contributed by atoms with Gasteiger partial charge in [0.25, 0.3) is 0 Å². The lowest BCUT2D eigenvalue weighted by Crippen LogP contribution is -1.87. The highest BCUT2D eigenvalue weighted by molar-refractivity contribution is 6.33. The van der Waals surface area contributed by atoms with Crippen LogP contribution in [0.3, 0.4) is 0 Å². The van der Waals surface area contributed by atoms with Gasteiger partial charge < -0.3 is 10.2 Å². The summed E-state index contributed by atoms with van der Waals surface area (Å²) in [5.41, 5.74) is 2.12. The Morgan fingerprint density at radius 1 is 0.586 bits per heavy atom. The highest BCUT2D eigenvalue weighted by Crippen LogP contribution is 2.28. The molecule has 2 nitrogen and oxygen atoms in total. The minimum atomic E-state index is 0.194. The number of hydrogen-bond acceptors (Lipinski definition) is 2. The first-order valence-electron chi connectivity index (χ1n) is 10.9. The van der Waals surface area contributed by atoms with E-state index >= 15 is 0 Å². The normalized spacial score (nSPS) is 10.5. The molecule has 0 saturated carbocycles. The fourth-order valence-electron chi connectivity index (χ4n) is 3.18. The van der Waals surface area contributed by atoms with Gasteiger partial charge in [-0.2, -0.15) is 0 Å². The van der Waals surface area contributed by atoms with E-state index in [1.54, 1.807) is 12.1 Å². The Hall–Kier alpha value is -1.38. The topological polar surface area (TPSA) is 40.5 Å². The molecule has 0 bridgehead atoms. The molecule has 29 heavy (non-hydrogen) atoms. The van der Waals surface area contributed by atoms with Gasteiger partial charge >= 0.3 is 0 Å². The van der Waals surface area contributed by atoms with Crippen LogP contribution >= 0.6 is 23.2 Å². The van der Waals surface area contributed by atoms with Crippen molar-refractivity contribution >= 4 is 23.2 Å². The van der Waals surface area contributed by atoms with Crippen molar-refractivity contribution in [1.29, 1.82) is 0 Å². The Kier molecular flexibility index (Phi) is 13.7. The van der Waals surface area contributed by atoms with Crippen molar-refractivity contribution in [3.05, 3.63) is 57.6 Å². The third-order valence-corrected chi connectivity index (χ3v) is 5.84. The number of hydrogen-bond donors (Lipinski definition) is 2. The number of phenolic OH excluding ortho intramolecular Hbond substituents is 2. The molecule has 0 unspecified atom stereocenters. The Labute approximate surface area is 186 Å². The van der Waals surface area contributed by atoms with E-state index in [4.69, 9.17) is 23.2 Å². The third-order valence-electron chi connectivity index (χ3n) is 4.97. The quantitative estimate of drug-likeness (QED) is 0.344. The van der Waals surface area contributed by atoms with Gasteiger partial charge in [-0.05, 0) is 48.9 Å². The Balaban J connectivity index is 0.000000291. The lowest BCUT2D eigenvalue weighted by atomic mass is 10.1. The van der Waals surface area contributed by atoms with Gasteiger partial charge in [-0.3, -0.25) is 0 Å². The van der Waals surface area contributed by atoms with E-state index in [0.29, 0.717) is 10.0 Å². The summed E-state index contributed by atoms with van der Waals surface area (Å²) < 4.78 is 0. The lowest BCUT2D eigenvalue weighted by molar-refractivity contribution is 0.474. The molecule has 2 N–H and O–H groups in total. The molecule has 0 aliphatic heterocycles. The Morgan fingerprint density at radius 2 is 0.966 bits per heavy atom. The summed E-state index contributed by atoms with van der Waals surface area (Å²) in [6.45, 7) is 4.41. The largest absolute Gasteiger partial charge is 0.506 e. The average molecular weight is 439 g/mol. The predicted molar refractivity (Wildman–Crippen MR) is 127 cm³/mol. The van der Waals surface area contributed by atoms with E-state index < -0.39 is 0 Å². The Bertz CT molecular complexity index is 701. The number of phenols is 2. The SMILES string of the molecule is CCCCCCCc1cccc(O)c1Cl.CCCCCCc1cccc(O)c1Cl. The van der Waals surface area contributed by atoms with Crippen molar-refractivity contribution in [2.75, 3.05) is 0 Å². The second kappa shape index (κ2) is 15.5. The van der Waals surface area contributed by atoms with Gasteiger partial charge in [-0.1, -0.05) is 106 Å². The summed E-state index contributed by atoms with van der Waals surface area (Å²) >= 11 is 11.9. The molecule has 0 radical (unpaired) electrons. The minimum Gasteiger partial charge on any atom is -0.506 e. The maximum absolute atomic E-state index is 9.41. The number of rotatable bonds is 11. The lowest BCUT2D eigenvalue weighted by Gasteiger charge is -2.05. The standard InChI is InChI=1S/C13H19ClO.C12H17ClO/c1-2-3-4-5-6-8-11-9-7-10-12(15)13(11)14;1-2-3-4-5-7-10-8-6-9-11(14)12(10)13/h7,9-10,15H,2-6,8H2,1H3;6,8-9,14H,2-5,7H2,1H3. The van der Waals surface area contributed by atoms with E-state index in [2.05, 4.69) is 13.8 Å². The van der Waals surface area contributed by atoms with E-state index in [-0.39, 0.29) is 11.5 Å². The zero-order valence-electron chi connectivity index (χ0n) is 17.9. The number of unbranched alkanes of at least 4 members (excludes halogenated alkanes) is 7. The highest BCUT2D eigenvalue weighted by atomic mass is 35.5. The second-order valence-electron chi connectivity index (χ2n) is 7.48. The van der Waals surface area contributed by atoms with Crippen LogP contribution in [0, 0.1) is 0 Å². The van der Waals surface area contributed by atoms with Crippen LogP contribution in [0.1, 0.15) is 82.8 Å². The van der Waals surface area contributed by atoms with Gasteiger partial charge in [0.2, 0.25) is 0 Å². The number of halogens is 2. The summed E-state index contributed by atoms with van der Waals surface area (Å²) in [5.74, 6) is 0.391. The van der Waals surface area contributed by atoms with Crippen LogP contribution in [-0.4, -0.2) is 10.2 Å². The molecule has 0 aromatic heterocycles. The van der Waals surface area contributed by atoms with Crippen molar-refractivity contribution in [3.63, 3.8) is 0 Å². The summed E-state index contributed by atoms with van der Waals surface area (Å²) in [7, 11) is 0. The molecule has 2 aromatic carbocycles. The fraction of sp³-hybridized carbons (Fsp3) is 0.520. The summed E-state index contributed by atoms with van der Waals surface area (Å²) in [5, 5.41) is 19.8. The van der Waals surface area contributed by atoms with E-state index in [1.165, 1.54) is 44.9 Å². The van der Waals surface area contributed by atoms with Gasteiger partial charge in [0, 0.05) is 0 Å². The monoisotopic (exact) mass is 438 g/mol. The van der Waals surface area contributed by atoms with Gasteiger partial charge in [0.1, 0.15) is 11.5 Å². The molecule has 0 aliphatic carbocycles. The summed E-state index contributed by atoms with van der Waals surface area (Å²) in [4.78, 5) is 0. The van der Waals surface area contributed by atoms with E-state index in [1.807, 2.05) is 24.3 Å². The van der Waals surface area contributed by atoms with Crippen molar-refractivity contribution in [2.24, 2.45) is 0 Å². The van der Waals surface area contributed by atoms with Crippen LogP contribution in [0.4, 0.5) is 0 Å². The molecule has 2 rings (SSSR count). The number of aryl methyl sites for hydroxylation is 2. The Morgan fingerprint density at radius 3 is 1.38 bits per heavy atom. The number of aromatic hydroxyl groups is 2. The van der Waals surface area contributed by atoms with Crippen molar-refractivity contribution in [1.82, 2.24) is 0 Å². The smallest absolute Gasteiger partial charge is 0.134 e. The van der Waals surface area contributed by atoms with Gasteiger partial charge in [-0.25, -0.2) is 0 Å². The maximum Gasteiger partial charge on any atom is 0.134 e. The molecule has 4 heteroatoms. The van der Waals surface area contributed by atoms with E-state index in [9.17, 15) is 10.2 Å². The van der Waals surface area contributed by atoms with Gasteiger partial charge in [-0.15, -0.1) is 0 Å².